The van der Waals surface area contributed by atoms with Crippen LogP contribution in [0.2, 0.25) is 0 Å². The Morgan fingerprint density at radius 2 is 2.03 bits per heavy atom. The molecule has 0 radical (unpaired) electrons. The minimum atomic E-state index is -0.0833. The molecular formula is C24H21N5O3. The van der Waals surface area contributed by atoms with Crippen molar-refractivity contribution in [2.45, 2.75) is 19.4 Å². The zero-order valence-electron chi connectivity index (χ0n) is 17.5. The molecule has 1 aliphatic heterocycles. The summed E-state index contributed by atoms with van der Waals surface area (Å²) in [4.78, 5) is 27.0. The predicted molar refractivity (Wildman–Crippen MR) is 117 cm³/mol. The molecule has 0 saturated carbocycles. The molecule has 1 saturated heterocycles. The average Bonchev–Trinajstić information content (AvgIpc) is 3.27. The number of ether oxygens (including phenoxy) is 1. The van der Waals surface area contributed by atoms with Crippen molar-refractivity contribution in [2.75, 3.05) is 13.1 Å². The maximum absolute atomic E-state index is 12.6. The minimum Gasteiger partial charge on any atom is -0.486 e. The average molecular weight is 427 g/mol. The Morgan fingerprint density at radius 3 is 2.84 bits per heavy atom. The molecule has 8 nitrogen and oxygen atoms in total. The summed E-state index contributed by atoms with van der Waals surface area (Å²) in [5.41, 5.74) is 3.41. The van der Waals surface area contributed by atoms with E-state index < -0.39 is 0 Å². The van der Waals surface area contributed by atoms with Crippen LogP contribution < -0.4 is 4.74 Å². The lowest BCUT2D eigenvalue weighted by Crippen LogP contribution is -2.56. The number of amides is 1. The molecule has 0 aliphatic carbocycles. The van der Waals surface area contributed by atoms with E-state index >= 15 is 0 Å². The lowest BCUT2D eigenvalue weighted by atomic mass is 10.1. The smallest absolute Gasteiger partial charge is 0.262 e. The quantitative estimate of drug-likeness (QED) is 0.466. The van der Waals surface area contributed by atoms with Crippen molar-refractivity contribution in [3.8, 4) is 28.7 Å². The number of hydrogen-bond acceptors (Lipinski definition) is 7. The predicted octanol–water partition coefficient (Wildman–Crippen LogP) is 3.33. The van der Waals surface area contributed by atoms with Crippen LogP contribution in [0.1, 0.15) is 11.1 Å². The Balaban J connectivity index is 1.23. The standard InChI is InChI=1S/C24H21N5O3/c1-16-5-4-6-17(11-16)12-22(30)29-14-18(15-29)31-21-8-3-2-7-19(21)24-27-23(28-32-24)20-13-25-9-10-26-20/h2-11,13,18H,12,14-15H2,1H3. The zero-order valence-corrected chi connectivity index (χ0v) is 17.5. The van der Waals surface area contributed by atoms with Crippen molar-refractivity contribution >= 4 is 5.91 Å². The van der Waals surface area contributed by atoms with Gasteiger partial charge in [0.1, 0.15) is 17.5 Å². The van der Waals surface area contributed by atoms with Crippen molar-refractivity contribution in [2.24, 2.45) is 0 Å². The first-order chi connectivity index (χ1) is 15.7. The SMILES string of the molecule is Cc1cccc(CC(=O)N2CC(Oc3ccccc3-c3nc(-c4cnccn4)no3)C2)c1. The molecule has 0 bridgehead atoms. The van der Waals surface area contributed by atoms with Crippen LogP contribution in [0.4, 0.5) is 0 Å². The van der Waals surface area contributed by atoms with Crippen molar-refractivity contribution < 1.29 is 14.1 Å². The maximum atomic E-state index is 12.6. The summed E-state index contributed by atoms with van der Waals surface area (Å²) in [6, 6.07) is 15.5. The van der Waals surface area contributed by atoms with Crippen LogP contribution in [0.5, 0.6) is 5.75 Å². The Morgan fingerprint density at radius 1 is 1.16 bits per heavy atom. The van der Waals surface area contributed by atoms with E-state index in [-0.39, 0.29) is 12.0 Å². The highest BCUT2D eigenvalue weighted by atomic mass is 16.5. The minimum absolute atomic E-state index is 0.0833. The van der Waals surface area contributed by atoms with E-state index in [1.54, 1.807) is 18.6 Å². The number of aromatic nitrogens is 4. The van der Waals surface area contributed by atoms with E-state index in [1.807, 2.05) is 60.4 Å². The number of aryl methyl sites for hydroxylation is 1. The van der Waals surface area contributed by atoms with Crippen LogP contribution in [0.3, 0.4) is 0 Å². The number of para-hydroxylation sites is 1. The molecular weight excluding hydrogens is 406 g/mol. The number of carbonyl (C=O) groups is 1. The van der Waals surface area contributed by atoms with Gasteiger partial charge in [0.2, 0.25) is 11.7 Å². The van der Waals surface area contributed by atoms with Gasteiger partial charge >= 0.3 is 0 Å². The number of hydrogen-bond donors (Lipinski definition) is 0. The van der Waals surface area contributed by atoms with E-state index in [0.717, 1.165) is 11.1 Å². The normalized spacial score (nSPS) is 13.6. The van der Waals surface area contributed by atoms with E-state index in [4.69, 9.17) is 9.26 Å². The molecule has 2 aromatic heterocycles. The molecule has 0 atom stereocenters. The van der Waals surface area contributed by atoms with Gasteiger partial charge in [-0.15, -0.1) is 0 Å². The lowest BCUT2D eigenvalue weighted by Gasteiger charge is -2.39. The molecule has 1 amide bonds. The first kappa shape index (κ1) is 19.9. The fourth-order valence-electron chi connectivity index (χ4n) is 3.60. The Hall–Kier alpha value is -4.07. The molecule has 3 heterocycles. The van der Waals surface area contributed by atoms with Crippen molar-refractivity contribution in [3.63, 3.8) is 0 Å². The first-order valence-corrected chi connectivity index (χ1v) is 10.4. The van der Waals surface area contributed by atoms with Gasteiger partial charge in [-0.1, -0.05) is 47.1 Å². The van der Waals surface area contributed by atoms with E-state index in [0.29, 0.717) is 48.2 Å². The fraction of sp³-hybridized carbons (Fsp3) is 0.208. The Kier molecular flexibility index (Phi) is 5.33. The summed E-state index contributed by atoms with van der Waals surface area (Å²) in [5.74, 6) is 1.44. The molecule has 0 N–H and O–H groups in total. The zero-order chi connectivity index (χ0) is 21.9. The third-order valence-electron chi connectivity index (χ3n) is 5.27. The summed E-state index contributed by atoms with van der Waals surface area (Å²) in [7, 11) is 0. The van der Waals surface area contributed by atoms with Crippen LogP contribution in [0, 0.1) is 6.92 Å². The van der Waals surface area contributed by atoms with E-state index in [2.05, 4.69) is 20.1 Å². The molecule has 5 rings (SSSR count). The third kappa shape index (κ3) is 4.20. The van der Waals surface area contributed by atoms with Crippen LogP contribution >= 0.6 is 0 Å². The molecule has 0 unspecified atom stereocenters. The van der Waals surface area contributed by atoms with Gasteiger partial charge in [0.15, 0.2) is 0 Å². The molecule has 1 fully saturated rings. The molecule has 0 spiro atoms. The number of benzene rings is 2. The second-order valence-corrected chi connectivity index (χ2v) is 7.71. The van der Waals surface area contributed by atoms with Crippen LogP contribution in [0.15, 0.2) is 71.6 Å². The number of carbonyl (C=O) groups excluding carboxylic acids is 1. The number of rotatable bonds is 6. The molecule has 8 heteroatoms. The van der Waals surface area contributed by atoms with Gasteiger partial charge < -0.3 is 14.2 Å². The van der Waals surface area contributed by atoms with Crippen molar-refractivity contribution in [1.82, 2.24) is 25.0 Å². The van der Waals surface area contributed by atoms with Crippen LogP contribution in [-0.4, -0.2) is 50.1 Å². The highest BCUT2D eigenvalue weighted by Crippen LogP contribution is 2.31. The topological polar surface area (TPSA) is 94.2 Å². The highest BCUT2D eigenvalue weighted by molar-refractivity contribution is 5.79. The van der Waals surface area contributed by atoms with Crippen molar-refractivity contribution in [3.05, 3.63) is 78.2 Å². The summed E-state index contributed by atoms with van der Waals surface area (Å²) in [6.07, 6.45) is 5.05. The fourth-order valence-corrected chi connectivity index (χ4v) is 3.60. The van der Waals surface area contributed by atoms with Gasteiger partial charge in [-0.25, -0.2) is 4.98 Å². The molecule has 32 heavy (non-hydrogen) atoms. The summed E-state index contributed by atoms with van der Waals surface area (Å²) < 4.78 is 11.6. The highest BCUT2D eigenvalue weighted by Gasteiger charge is 2.33. The van der Waals surface area contributed by atoms with Gasteiger partial charge in [0.25, 0.3) is 5.89 Å². The lowest BCUT2D eigenvalue weighted by molar-refractivity contribution is -0.139. The Labute approximate surface area is 184 Å². The Bertz CT molecular complexity index is 1240. The third-order valence-corrected chi connectivity index (χ3v) is 5.27. The second kappa shape index (κ2) is 8.58. The first-order valence-electron chi connectivity index (χ1n) is 10.4. The molecule has 4 aromatic rings. The largest absolute Gasteiger partial charge is 0.486 e. The molecule has 1 aliphatic rings. The summed E-state index contributed by atoms with van der Waals surface area (Å²) in [5, 5.41) is 4.00. The van der Waals surface area contributed by atoms with E-state index in [9.17, 15) is 4.79 Å². The second-order valence-electron chi connectivity index (χ2n) is 7.71. The van der Waals surface area contributed by atoms with Gasteiger partial charge in [-0.2, -0.15) is 4.98 Å². The summed E-state index contributed by atoms with van der Waals surface area (Å²) in [6.45, 7) is 3.12. The van der Waals surface area contributed by atoms with Gasteiger partial charge in [-0.3, -0.25) is 9.78 Å². The van der Waals surface area contributed by atoms with Gasteiger partial charge in [-0.05, 0) is 24.6 Å². The van der Waals surface area contributed by atoms with E-state index in [1.165, 1.54) is 0 Å². The van der Waals surface area contributed by atoms with Crippen molar-refractivity contribution in [1.29, 1.82) is 0 Å². The van der Waals surface area contributed by atoms with Crippen LogP contribution in [-0.2, 0) is 11.2 Å². The van der Waals surface area contributed by atoms with Gasteiger partial charge in [0, 0.05) is 12.4 Å². The maximum Gasteiger partial charge on any atom is 0.262 e. The van der Waals surface area contributed by atoms with Gasteiger partial charge in [0.05, 0.1) is 31.3 Å². The molecule has 160 valence electrons. The van der Waals surface area contributed by atoms with Crippen LogP contribution in [0.25, 0.3) is 23.0 Å². The molecule has 2 aromatic carbocycles. The monoisotopic (exact) mass is 427 g/mol. The number of nitrogens with zero attached hydrogens (tertiary/aromatic N) is 5. The number of likely N-dealkylation sites (tertiary alicyclic amines) is 1. The summed E-state index contributed by atoms with van der Waals surface area (Å²) >= 11 is 0.